The average Bonchev–Trinajstić information content (AvgIpc) is 3.21. The predicted molar refractivity (Wildman–Crippen MR) is 128 cm³/mol. The van der Waals surface area contributed by atoms with Gasteiger partial charge in [-0.2, -0.15) is 0 Å². The Kier molecular flexibility index (Phi) is 8.37. The zero-order valence-corrected chi connectivity index (χ0v) is 19.4. The minimum atomic E-state index is -0.596. The van der Waals surface area contributed by atoms with Gasteiger partial charge >= 0.3 is 0 Å². The quantitative estimate of drug-likeness (QED) is 0.341. The summed E-state index contributed by atoms with van der Waals surface area (Å²) >= 11 is 1.23. The van der Waals surface area contributed by atoms with Crippen molar-refractivity contribution in [2.75, 3.05) is 11.1 Å². The maximum absolute atomic E-state index is 13.9. The SMILES string of the molecule is C=CCn1c(SCC(=O)Nc2ccc(CC)cc2)nnc1C(C)NC(=O)c1ccccc1F. The zero-order chi connectivity index (χ0) is 23.8. The third-order valence-electron chi connectivity index (χ3n) is 4.89. The summed E-state index contributed by atoms with van der Waals surface area (Å²) in [6.45, 7) is 7.97. The van der Waals surface area contributed by atoms with Gasteiger partial charge in [0.2, 0.25) is 5.91 Å². The number of thioether (sulfide) groups is 1. The Hall–Kier alpha value is -3.46. The average molecular weight is 468 g/mol. The highest BCUT2D eigenvalue weighted by molar-refractivity contribution is 7.99. The molecule has 9 heteroatoms. The van der Waals surface area contributed by atoms with Crippen LogP contribution in [0.15, 0.2) is 66.3 Å². The van der Waals surface area contributed by atoms with Crippen molar-refractivity contribution in [3.8, 4) is 0 Å². The fourth-order valence-electron chi connectivity index (χ4n) is 3.16. The first kappa shape index (κ1) is 24.2. The second-order valence-corrected chi connectivity index (χ2v) is 8.24. The maximum Gasteiger partial charge on any atom is 0.254 e. The number of amides is 2. The van der Waals surface area contributed by atoms with Crippen molar-refractivity contribution in [2.24, 2.45) is 0 Å². The highest BCUT2D eigenvalue weighted by atomic mass is 32.2. The van der Waals surface area contributed by atoms with Gasteiger partial charge in [-0.1, -0.05) is 49.0 Å². The van der Waals surface area contributed by atoms with Gasteiger partial charge in [0.1, 0.15) is 5.82 Å². The third kappa shape index (κ3) is 6.29. The van der Waals surface area contributed by atoms with E-state index >= 15 is 0 Å². The first-order valence-electron chi connectivity index (χ1n) is 10.5. The molecule has 0 radical (unpaired) electrons. The largest absolute Gasteiger partial charge is 0.342 e. The summed E-state index contributed by atoms with van der Waals surface area (Å²) in [5.41, 5.74) is 1.89. The summed E-state index contributed by atoms with van der Waals surface area (Å²) in [5, 5.41) is 14.5. The number of rotatable bonds is 10. The van der Waals surface area contributed by atoms with Gasteiger partial charge in [0.05, 0.1) is 17.4 Å². The number of hydrogen-bond donors (Lipinski definition) is 2. The lowest BCUT2D eigenvalue weighted by molar-refractivity contribution is -0.113. The van der Waals surface area contributed by atoms with Gasteiger partial charge in [0, 0.05) is 12.2 Å². The van der Waals surface area contributed by atoms with Crippen LogP contribution in [0.5, 0.6) is 0 Å². The van der Waals surface area contributed by atoms with Crippen LogP contribution < -0.4 is 10.6 Å². The number of carbonyl (C=O) groups is 2. The molecule has 33 heavy (non-hydrogen) atoms. The van der Waals surface area contributed by atoms with Crippen LogP contribution in [0.4, 0.5) is 10.1 Å². The van der Waals surface area contributed by atoms with E-state index < -0.39 is 17.8 Å². The number of halogens is 1. The van der Waals surface area contributed by atoms with E-state index in [-0.39, 0.29) is 17.2 Å². The molecule has 0 aliphatic rings. The minimum Gasteiger partial charge on any atom is -0.342 e. The molecular weight excluding hydrogens is 441 g/mol. The summed E-state index contributed by atoms with van der Waals surface area (Å²) in [6.07, 6.45) is 2.61. The molecule has 7 nitrogen and oxygen atoms in total. The Balaban J connectivity index is 1.65. The Morgan fingerprint density at radius 2 is 1.91 bits per heavy atom. The molecule has 1 atom stereocenters. The lowest BCUT2D eigenvalue weighted by atomic mass is 10.1. The fourth-order valence-corrected chi connectivity index (χ4v) is 3.92. The van der Waals surface area contributed by atoms with Crippen molar-refractivity contribution in [3.05, 3.63) is 84.0 Å². The van der Waals surface area contributed by atoms with Crippen LogP contribution in [0.3, 0.4) is 0 Å². The van der Waals surface area contributed by atoms with Gasteiger partial charge in [-0.15, -0.1) is 16.8 Å². The molecule has 0 aliphatic carbocycles. The summed E-state index contributed by atoms with van der Waals surface area (Å²) in [4.78, 5) is 24.8. The molecule has 1 heterocycles. The monoisotopic (exact) mass is 467 g/mol. The summed E-state index contributed by atoms with van der Waals surface area (Å²) in [6, 6.07) is 12.9. The molecule has 0 aliphatic heterocycles. The lowest BCUT2D eigenvalue weighted by Gasteiger charge is -2.15. The van der Waals surface area contributed by atoms with Crippen LogP contribution in [0, 0.1) is 5.82 Å². The molecule has 0 spiro atoms. The number of benzene rings is 2. The second kappa shape index (κ2) is 11.4. The van der Waals surface area contributed by atoms with Crippen LogP contribution >= 0.6 is 11.8 Å². The van der Waals surface area contributed by atoms with Crippen molar-refractivity contribution in [1.82, 2.24) is 20.1 Å². The Morgan fingerprint density at radius 1 is 1.18 bits per heavy atom. The molecular formula is C24H26FN5O2S. The molecule has 2 N–H and O–H groups in total. The van der Waals surface area contributed by atoms with Gasteiger partial charge in [-0.25, -0.2) is 4.39 Å². The van der Waals surface area contributed by atoms with E-state index in [0.717, 1.165) is 12.1 Å². The van der Waals surface area contributed by atoms with E-state index in [0.29, 0.717) is 17.5 Å². The molecule has 1 aromatic heterocycles. The number of carbonyl (C=O) groups excluding carboxylic acids is 2. The maximum atomic E-state index is 13.9. The normalized spacial score (nSPS) is 11.6. The molecule has 0 saturated heterocycles. The van der Waals surface area contributed by atoms with Gasteiger partial charge in [-0.05, 0) is 43.2 Å². The standard InChI is InChI=1S/C24H26FN5O2S/c1-4-14-30-22(16(3)26-23(32)19-8-6-7-9-20(19)25)28-29-24(30)33-15-21(31)27-18-12-10-17(5-2)11-13-18/h4,6-13,16H,1,5,14-15H2,2-3H3,(H,26,32)(H,27,31). The molecule has 0 fully saturated rings. The molecule has 172 valence electrons. The lowest BCUT2D eigenvalue weighted by Crippen LogP contribution is -2.29. The van der Waals surface area contributed by atoms with Gasteiger partial charge in [0.15, 0.2) is 11.0 Å². The molecule has 3 rings (SSSR count). The number of allylic oxidation sites excluding steroid dienone is 1. The highest BCUT2D eigenvalue weighted by Crippen LogP contribution is 2.22. The number of aryl methyl sites for hydroxylation is 1. The van der Waals surface area contributed by atoms with Crippen molar-refractivity contribution in [1.29, 1.82) is 0 Å². The molecule has 0 bridgehead atoms. The van der Waals surface area contributed by atoms with Crippen LogP contribution in [0.2, 0.25) is 0 Å². The van der Waals surface area contributed by atoms with E-state index in [1.54, 1.807) is 23.6 Å². The number of nitrogens with zero attached hydrogens (tertiary/aromatic N) is 3. The number of hydrogen-bond acceptors (Lipinski definition) is 5. The number of aromatic nitrogens is 3. The van der Waals surface area contributed by atoms with E-state index in [9.17, 15) is 14.0 Å². The van der Waals surface area contributed by atoms with Gasteiger partial charge < -0.3 is 15.2 Å². The number of anilines is 1. The van der Waals surface area contributed by atoms with Crippen molar-refractivity contribution in [3.63, 3.8) is 0 Å². The second-order valence-electron chi connectivity index (χ2n) is 7.30. The van der Waals surface area contributed by atoms with Crippen LogP contribution in [-0.2, 0) is 17.8 Å². The topological polar surface area (TPSA) is 88.9 Å². The first-order chi connectivity index (χ1) is 15.9. The first-order valence-corrected chi connectivity index (χ1v) is 11.5. The predicted octanol–water partition coefficient (Wildman–Crippen LogP) is 4.39. The summed E-state index contributed by atoms with van der Waals surface area (Å²) < 4.78 is 15.7. The van der Waals surface area contributed by atoms with E-state index in [4.69, 9.17) is 0 Å². The smallest absolute Gasteiger partial charge is 0.254 e. The summed E-state index contributed by atoms with van der Waals surface area (Å²) in [7, 11) is 0. The molecule has 3 aromatic rings. The van der Waals surface area contributed by atoms with Gasteiger partial charge in [-0.3, -0.25) is 9.59 Å². The van der Waals surface area contributed by atoms with Crippen LogP contribution in [0.25, 0.3) is 0 Å². The summed E-state index contributed by atoms with van der Waals surface area (Å²) in [5.74, 6) is -0.684. The molecule has 2 amide bonds. The Morgan fingerprint density at radius 3 is 2.58 bits per heavy atom. The molecule has 0 saturated carbocycles. The van der Waals surface area contributed by atoms with E-state index in [1.807, 2.05) is 24.3 Å². The van der Waals surface area contributed by atoms with Crippen LogP contribution in [0.1, 0.15) is 41.6 Å². The van der Waals surface area contributed by atoms with E-state index in [1.165, 1.54) is 35.5 Å². The minimum absolute atomic E-state index is 0.0441. The molecule has 1 unspecified atom stereocenters. The van der Waals surface area contributed by atoms with Gasteiger partial charge in [0.25, 0.3) is 5.91 Å². The van der Waals surface area contributed by atoms with E-state index in [2.05, 4.69) is 34.3 Å². The molecule has 2 aromatic carbocycles. The number of nitrogens with one attached hydrogen (secondary N) is 2. The highest BCUT2D eigenvalue weighted by Gasteiger charge is 2.21. The van der Waals surface area contributed by atoms with Crippen LogP contribution in [-0.4, -0.2) is 32.3 Å². The fraction of sp³-hybridized carbons (Fsp3) is 0.250. The van der Waals surface area contributed by atoms with Crippen molar-refractivity contribution in [2.45, 2.75) is 38.0 Å². The third-order valence-corrected chi connectivity index (χ3v) is 5.86. The zero-order valence-electron chi connectivity index (χ0n) is 18.5. The Bertz CT molecular complexity index is 1130. The Labute approximate surface area is 196 Å². The van der Waals surface area contributed by atoms with Crippen molar-refractivity contribution >= 4 is 29.3 Å². The van der Waals surface area contributed by atoms with Crippen molar-refractivity contribution < 1.29 is 14.0 Å².